The van der Waals surface area contributed by atoms with E-state index >= 15 is 0 Å². The maximum Gasteiger partial charge on any atom is 0.225 e. The van der Waals surface area contributed by atoms with Gasteiger partial charge in [-0.3, -0.25) is 9.36 Å². The van der Waals surface area contributed by atoms with Gasteiger partial charge in [-0.25, -0.2) is 0 Å². The van der Waals surface area contributed by atoms with Crippen LogP contribution in [0.5, 0.6) is 0 Å². The average molecular weight is 514 g/mol. The minimum Gasteiger partial charge on any atom is -0.378 e. The molecule has 8 heteroatoms. The Morgan fingerprint density at radius 3 is 2.44 bits per heavy atom. The second-order valence-corrected chi connectivity index (χ2v) is 9.60. The van der Waals surface area contributed by atoms with Gasteiger partial charge in [0.05, 0.1) is 6.54 Å². The van der Waals surface area contributed by atoms with E-state index in [1.807, 2.05) is 102 Å². The van der Waals surface area contributed by atoms with E-state index in [4.69, 9.17) is 11.6 Å². The highest BCUT2D eigenvalue weighted by Gasteiger charge is 2.15. The van der Waals surface area contributed by atoms with E-state index in [1.54, 1.807) is 0 Å². The summed E-state index contributed by atoms with van der Waals surface area (Å²) in [5.74, 6) is 1.32. The van der Waals surface area contributed by atoms with Crippen molar-refractivity contribution in [1.82, 2.24) is 14.8 Å². The lowest BCUT2D eigenvalue weighted by atomic mass is 10.1. The Labute approximate surface area is 218 Å². The van der Waals surface area contributed by atoms with Gasteiger partial charge in [0.15, 0.2) is 11.0 Å². The van der Waals surface area contributed by atoms with E-state index in [0.29, 0.717) is 23.7 Å². The van der Waals surface area contributed by atoms with Gasteiger partial charge in [-0.05, 0) is 47.9 Å². The normalized spacial score (nSPS) is 10.9. The average Bonchev–Trinajstić information content (AvgIpc) is 3.32. The second kappa shape index (κ2) is 11.3. The Kier molecular flexibility index (Phi) is 7.50. The fourth-order valence-electron chi connectivity index (χ4n) is 3.88. The third-order valence-electron chi connectivity index (χ3n) is 5.63. The van der Waals surface area contributed by atoms with Crippen molar-refractivity contribution < 1.29 is 4.79 Å². The number of fused-ring (bicyclic) bond motifs is 1. The topological polar surface area (TPSA) is 71.8 Å². The molecule has 0 radical (unpaired) electrons. The van der Waals surface area contributed by atoms with Crippen LogP contribution in [0, 0.1) is 0 Å². The smallest absolute Gasteiger partial charge is 0.225 e. The molecule has 0 spiro atoms. The van der Waals surface area contributed by atoms with Crippen LogP contribution in [-0.2, 0) is 11.3 Å². The predicted molar refractivity (Wildman–Crippen MR) is 148 cm³/mol. The van der Waals surface area contributed by atoms with Crippen LogP contribution in [-0.4, -0.2) is 26.4 Å². The molecule has 0 atom stereocenters. The van der Waals surface area contributed by atoms with Crippen LogP contribution in [0.3, 0.4) is 0 Å². The summed E-state index contributed by atoms with van der Waals surface area (Å²) in [6.07, 6.45) is 0.355. The largest absolute Gasteiger partial charge is 0.378 e. The zero-order valence-electron chi connectivity index (χ0n) is 19.4. The minimum atomic E-state index is -0.0331. The molecule has 6 nitrogen and oxygen atoms in total. The molecular formula is C28H24ClN5OS. The number of aromatic nitrogens is 3. The number of anilines is 2. The standard InChI is InChI=1S/C28H24ClN5OS/c29-21-13-15-22(16-14-21)30-19-26-32-33-28(34(26)23-9-2-1-3-10-23)36-18-17-27(35)31-25-12-6-8-20-7-4-5-11-24(20)25/h1-16,30H,17-19H2,(H,31,35). The molecule has 2 N–H and O–H groups in total. The summed E-state index contributed by atoms with van der Waals surface area (Å²) in [7, 11) is 0. The van der Waals surface area contributed by atoms with Gasteiger partial charge < -0.3 is 10.6 Å². The van der Waals surface area contributed by atoms with E-state index in [2.05, 4.69) is 20.8 Å². The van der Waals surface area contributed by atoms with Crippen molar-refractivity contribution in [2.24, 2.45) is 0 Å². The van der Waals surface area contributed by atoms with E-state index in [-0.39, 0.29) is 5.91 Å². The van der Waals surface area contributed by atoms with Gasteiger partial charge >= 0.3 is 0 Å². The molecule has 0 aliphatic carbocycles. The maximum absolute atomic E-state index is 12.7. The van der Waals surface area contributed by atoms with Gasteiger partial charge in [-0.2, -0.15) is 0 Å². The number of carbonyl (C=O) groups is 1. The lowest BCUT2D eigenvalue weighted by Crippen LogP contribution is -2.13. The zero-order chi connectivity index (χ0) is 24.7. The number of nitrogens with zero attached hydrogens (tertiary/aromatic N) is 3. The van der Waals surface area contributed by atoms with Gasteiger partial charge in [0, 0.05) is 39.6 Å². The molecule has 1 heterocycles. The Morgan fingerprint density at radius 1 is 0.861 bits per heavy atom. The molecule has 1 aromatic heterocycles. The quantitative estimate of drug-likeness (QED) is 0.212. The first-order valence-corrected chi connectivity index (χ1v) is 12.9. The number of benzene rings is 4. The SMILES string of the molecule is O=C(CCSc1nnc(CNc2ccc(Cl)cc2)n1-c1ccccc1)Nc1cccc2ccccc12. The number of para-hydroxylation sites is 1. The number of carbonyl (C=O) groups excluding carboxylic acids is 1. The Balaban J connectivity index is 1.26. The molecule has 0 unspecified atom stereocenters. The number of halogens is 1. The van der Waals surface area contributed by atoms with Crippen molar-refractivity contribution in [2.45, 2.75) is 18.1 Å². The second-order valence-electron chi connectivity index (χ2n) is 8.10. The fourth-order valence-corrected chi connectivity index (χ4v) is 4.91. The van der Waals surface area contributed by atoms with Crippen LogP contribution >= 0.6 is 23.4 Å². The molecule has 180 valence electrons. The molecule has 0 saturated carbocycles. The lowest BCUT2D eigenvalue weighted by molar-refractivity contribution is -0.115. The number of hydrogen-bond donors (Lipinski definition) is 2. The molecule has 36 heavy (non-hydrogen) atoms. The summed E-state index contributed by atoms with van der Waals surface area (Å²) in [6, 6.07) is 31.5. The van der Waals surface area contributed by atoms with Crippen molar-refractivity contribution in [3.63, 3.8) is 0 Å². The van der Waals surface area contributed by atoms with Crippen LogP contribution in [0.15, 0.2) is 102 Å². The van der Waals surface area contributed by atoms with E-state index in [1.165, 1.54) is 11.8 Å². The van der Waals surface area contributed by atoms with Crippen molar-refractivity contribution in [3.8, 4) is 5.69 Å². The first-order valence-electron chi connectivity index (χ1n) is 11.6. The van der Waals surface area contributed by atoms with Gasteiger partial charge in [0.1, 0.15) is 0 Å². The summed E-state index contributed by atoms with van der Waals surface area (Å²) < 4.78 is 2.02. The molecule has 0 aliphatic heterocycles. The van der Waals surface area contributed by atoms with E-state index in [0.717, 1.165) is 38.8 Å². The van der Waals surface area contributed by atoms with Gasteiger partial charge in [-0.1, -0.05) is 78.0 Å². The van der Waals surface area contributed by atoms with Crippen molar-refractivity contribution in [2.75, 3.05) is 16.4 Å². The Morgan fingerprint density at radius 2 is 1.61 bits per heavy atom. The van der Waals surface area contributed by atoms with Gasteiger partial charge in [-0.15, -0.1) is 10.2 Å². The lowest BCUT2D eigenvalue weighted by Gasteiger charge is -2.12. The third-order valence-corrected chi connectivity index (χ3v) is 6.82. The summed E-state index contributed by atoms with van der Waals surface area (Å²) in [4.78, 5) is 12.7. The van der Waals surface area contributed by atoms with Crippen LogP contribution in [0.25, 0.3) is 16.5 Å². The highest BCUT2D eigenvalue weighted by molar-refractivity contribution is 7.99. The Bertz CT molecular complexity index is 1470. The maximum atomic E-state index is 12.7. The number of amides is 1. The van der Waals surface area contributed by atoms with Crippen LogP contribution < -0.4 is 10.6 Å². The molecule has 0 saturated heterocycles. The summed E-state index contributed by atoms with van der Waals surface area (Å²) in [5, 5.41) is 18.8. The summed E-state index contributed by atoms with van der Waals surface area (Å²) in [6.45, 7) is 0.492. The van der Waals surface area contributed by atoms with Crippen molar-refractivity contribution in [1.29, 1.82) is 0 Å². The van der Waals surface area contributed by atoms with E-state index < -0.39 is 0 Å². The van der Waals surface area contributed by atoms with Gasteiger partial charge in [0.2, 0.25) is 5.91 Å². The summed E-state index contributed by atoms with van der Waals surface area (Å²) in [5.41, 5.74) is 2.74. The highest BCUT2D eigenvalue weighted by Crippen LogP contribution is 2.25. The van der Waals surface area contributed by atoms with Crippen LogP contribution in [0.2, 0.25) is 5.02 Å². The summed E-state index contributed by atoms with van der Waals surface area (Å²) >= 11 is 7.51. The molecule has 1 amide bonds. The molecule has 5 rings (SSSR count). The molecule has 0 bridgehead atoms. The predicted octanol–water partition coefficient (Wildman–Crippen LogP) is 6.81. The molecular weight excluding hydrogens is 490 g/mol. The highest BCUT2D eigenvalue weighted by atomic mass is 35.5. The molecule has 4 aromatic carbocycles. The number of rotatable bonds is 9. The number of thioether (sulfide) groups is 1. The number of hydrogen-bond acceptors (Lipinski definition) is 5. The van der Waals surface area contributed by atoms with Crippen LogP contribution in [0.1, 0.15) is 12.2 Å². The number of nitrogens with one attached hydrogen (secondary N) is 2. The Hall–Kier alpha value is -3.81. The minimum absolute atomic E-state index is 0.0331. The monoisotopic (exact) mass is 513 g/mol. The van der Waals surface area contributed by atoms with Crippen molar-refractivity contribution >= 4 is 51.4 Å². The molecule has 0 aliphatic rings. The van der Waals surface area contributed by atoms with E-state index in [9.17, 15) is 4.79 Å². The van der Waals surface area contributed by atoms with Gasteiger partial charge in [0.25, 0.3) is 0 Å². The molecule has 0 fully saturated rings. The first kappa shape index (κ1) is 23.9. The zero-order valence-corrected chi connectivity index (χ0v) is 21.0. The van der Waals surface area contributed by atoms with Crippen LogP contribution in [0.4, 0.5) is 11.4 Å². The molecule has 5 aromatic rings. The van der Waals surface area contributed by atoms with Crippen molar-refractivity contribution in [3.05, 3.63) is 108 Å². The third kappa shape index (κ3) is 5.70. The fraction of sp³-hybridized carbons (Fsp3) is 0.107. The first-order chi connectivity index (χ1) is 17.7.